The molecule has 1 fully saturated rings. The molecule has 1 N–H and O–H groups in total. The van der Waals surface area contributed by atoms with Crippen LogP contribution < -0.4 is 4.72 Å². The maximum atomic E-state index is 12.0. The second-order valence-corrected chi connectivity index (χ2v) is 6.86. The summed E-state index contributed by atoms with van der Waals surface area (Å²) in [5.41, 5.74) is 0.770. The molecule has 2 rings (SSSR count). The maximum Gasteiger partial charge on any atom is 0.240 e. The Kier molecular flexibility index (Phi) is 3.37. The first-order valence-electron chi connectivity index (χ1n) is 5.25. The molecule has 88 valence electrons. The fourth-order valence-corrected chi connectivity index (χ4v) is 3.39. The third-order valence-corrected chi connectivity index (χ3v) is 4.76. The monoisotopic (exact) mass is 303 g/mol. The minimum atomic E-state index is -3.35. The van der Waals surface area contributed by atoms with Crippen molar-refractivity contribution < 1.29 is 8.42 Å². The molecule has 0 atom stereocenters. The second-order valence-electron chi connectivity index (χ2n) is 4.21. The zero-order valence-corrected chi connectivity index (χ0v) is 11.4. The zero-order valence-electron chi connectivity index (χ0n) is 9.03. The van der Waals surface area contributed by atoms with E-state index in [0.717, 1.165) is 22.9 Å². The second kappa shape index (κ2) is 4.47. The van der Waals surface area contributed by atoms with Gasteiger partial charge < -0.3 is 0 Å². The summed E-state index contributed by atoms with van der Waals surface area (Å²) < 4.78 is 27.4. The lowest BCUT2D eigenvalue weighted by Crippen LogP contribution is -2.26. The van der Waals surface area contributed by atoms with Gasteiger partial charge in [0, 0.05) is 11.0 Å². The molecule has 1 aliphatic rings. The Bertz CT molecular complexity index is 495. The van der Waals surface area contributed by atoms with Crippen LogP contribution in [-0.2, 0) is 10.0 Å². The van der Waals surface area contributed by atoms with Crippen LogP contribution in [0.5, 0.6) is 0 Å². The van der Waals surface area contributed by atoms with Crippen molar-refractivity contribution in [1.29, 1.82) is 0 Å². The molecule has 3 nitrogen and oxygen atoms in total. The normalized spacial score (nSPS) is 16.4. The molecule has 0 aromatic heterocycles. The highest BCUT2D eigenvalue weighted by Crippen LogP contribution is 2.28. The summed E-state index contributed by atoms with van der Waals surface area (Å²) in [6.45, 7) is 2.37. The van der Waals surface area contributed by atoms with Gasteiger partial charge in [0.1, 0.15) is 0 Å². The Morgan fingerprint density at radius 3 is 2.75 bits per heavy atom. The van der Waals surface area contributed by atoms with Crippen molar-refractivity contribution in [2.75, 3.05) is 6.54 Å². The van der Waals surface area contributed by atoms with Crippen molar-refractivity contribution in [2.45, 2.75) is 24.7 Å². The number of aryl methyl sites for hydroxylation is 1. The lowest BCUT2D eigenvalue weighted by molar-refractivity contribution is 0.577. The highest BCUT2D eigenvalue weighted by molar-refractivity contribution is 9.10. The van der Waals surface area contributed by atoms with Gasteiger partial charge in [-0.05, 0) is 43.4 Å². The first-order valence-corrected chi connectivity index (χ1v) is 7.52. The van der Waals surface area contributed by atoms with Gasteiger partial charge in [-0.3, -0.25) is 0 Å². The standard InChI is InChI=1S/C11H14BrNO2S/c1-8-2-5-10(12)6-11(8)16(14,15)13-7-9-3-4-9/h2,5-6,9,13H,3-4,7H2,1H3. The van der Waals surface area contributed by atoms with E-state index in [1.54, 1.807) is 19.1 Å². The highest BCUT2D eigenvalue weighted by Gasteiger charge is 2.25. The minimum absolute atomic E-state index is 0.363. The average Bonchev–Trinajstić information content (AvgIpc) is 3.02. The average molecular weight is 304 g/mol. The molecular weight excluding hydrogens is 290 g/mol. The van der Waals surface area contributed by atoms with Crippen LogP contribution in [0.25, 0.3) is 0 Å². The number of halogens is 1. The molecule has 0 spiro atoms. The molecule has 1 aromatic carbocycles. The van der Waals surface area contributed by atoms with E-state index in [2.05, 4.69) is 20.7 Å². The van der Waals surface area contributed by atoms with Crippen LogP contribution >= 0.6 is 15.9 Å². The van der Waals surface area contributed by atoms with Crippen molar-refractivity contribution in [3.63, 3.8) is 0 Å². The lowest BCUT2D eigenvalue weighted by atomic mass is 10.2. The van der Waals surface area contributed by atoms with Gasteiger partial charge in [0.2, 0.25) is 10.0 Å². The number of hydrogen-bond donors (Lipinski definition) is 1. The number of nitrogens with one attached hydrogen (secondary N) is 1. The molecule has 0 amide bonds. The number of rotatable bonds is 4. The number of benzene rings is 1. The summed E-state index contributed by atoms with van der Waals surface area (Å²) >= 11 is 3.29. The van der Waals surface area contributed by atoms with Crippen LogP contribution in [0, 0.1) is 12.8 Å². The summed E-state index contributed by atoms with van der Waals surface area (Å²) in [6.07, 6.45) is 2.28. The Morgan fingerprint density at radius 2 is 2.12 bits per heavy atom. The minimum Gasteiger partial charge on any atom is -0.211 e. The van der Waals surface area contributed by atoms with Crippen LogP contribution in [0.4, 0.5) is 0 Å². The van der Waals surface area contributed by atoms with Gasteiger partial charge in [0.25, 0.3) is 0 Å². The van der Waals surface area contributed by atoms with E-state index in [9.17, 15) is 8.42 Å². The molecule has 0 bridgehead atoms. The van der Waals surface area contributed by atoms with Crippen LogP contribution in [0.2, 0.25) is 0 Å². The smallest absolute Gasteiger partial charge is 0.211 e. The molecular formula is C11H14BrNO2S. The number of hydrogen-bond acceptors (Lipinski definition) is 2. The quantitative estimate of drug-likeness (QED) is 0.928. The van der Waals surface area contributed by atoms with Gasteiger partial charge in [-0.2, -0.15) is 0 Å². The number of sulfonamides is 1. The first-order chi connectivity index (χ1) is 7.49. The van der Waals surface area contributed by atoms with E-state index in [0.29, 0.717) is 17.4 Å². The van der Waals surface area contributed by atoms with Gasteiger partial charge in [0.05, 0.1) is 4.90 Å². The van der Waals surface area contributed by atoms with Gasteiger partial charge >= 0.3 is 0 Å². The van der Waals surface area contributed by atoms with Crippen LogP contribution in [-0.4, -0.2) is 15.0 Å². The van der Waals surface area contributed by atoms with Gasteiger partial charge in [-0.15, -0.1) is 0 Å². The zero-order chi connectivity index (χ0) is 11.8. The summed E-state index contributed by atoms with van der Waals surface area (Å²) in [5, 5.41) is 0. The Balaban J connectivity index is 2.22. The molecule has 0 radical (unpaired) electrons. The van der Waals surface area contributed by atoms with Crippen LogP contribution in [0.3, 0.4) is 0 Å². The van der Waals surface area contributed by atoms with E-state index in [1.807, 2.05) is 6.07 Å². The SMILES string of the molecule is Cc1ccc(Br)cc1S(=O)(=O)NCC1CC1. The van der Waals surface area contributed by atoms with Crippen LogP contribution in [0.15, 0.2) is 27.6 Å². The van der Waals surface area contributed by atoms with E-state index < -0.39 is 10.0 Å². The Hall–Kier alpha value is -0.390. The highest BCUT2D eigenvalue weighted by atomic mass is 79.9. The molecule has 16 heavy (non-hydrogen) atoms. The van der Waals surface area contributed by atoms with Gasteiger partial charge in [-0.25, -0.2) is 13.1 Å². The summed E-state index contributed by atoms with van der Waals surface area (Å²) in [4.78, 5) is 0.363. The molecule has 0 unspecified atom stereocenters. The maximum absolute atomic E-state index is 12.0. The predicted molar refractivity (Wildman–Crippen MR) is 66.8 cm³/mol. The molecule has 1 aliphatic carbocycles. The molecule has 1 saturated carbocycles. The van der Waals surface area contributed by atoms with Crippen molar-refractivity contribution in [2.24, 2.45) is 5.92 Å². The van der Waals surface area contributed by atoms with E-state index in [4.69, 9.17) is 0 Å². The predicted octanol–water partition coefficient (Wildman–Crippen LogP) is 2.45. The molecule has 1 aromatic rings. The molecule has 0 heterocycles. The van der Waals surface area contributed by atoms with Gasteiger partial charge in [-0.1, -0.05) is 22.0 Å². The first kappa shape index (κ1) is 12.1. The van der Waals surface area contributed by atoms with Gasteiger partial charge in [0.15, 0.2) is 0 Å². The van der Waals surface area contributed by atoms with Crippen molar-refractivity contribution in [3.05, 3.63) is 28.2 Å². The summed E-state index contributed by atoms with van der Waals surface area (Å²) in [5.74, 6) is 0.544. The third kappa shape index (κ3) is 2.84. The lowest BCUT2D eigenvalue weighted by Gasteiger charge is -2.09. The van der Waals surface area contributed by atoms with Crippen LogP contribution in [0.1, 0.15) is 18.4 Å². The largest absolute Gasteiger partial charge is 0.240 e. The van der Waals surface area contributed by atoms with E-state index >= 15 is 0 Å². The fourth-order valence-electron chi connectivity index (χ4n) is 1.49. The molecule has 0 aliphatic heterocycles. The van der Waals surface area contributed by atoms with E-state index in [-0.39, 0.29) is 0 Å². The molecule has 5 heteroatoms. The summed E-state index contributed by atoms with van der Waals surface area (Å²) in [6, 6.07) is 5.29. The van der Waals surface area contributed by atoms with E-state index in [1.165, 1.54) is 0 Å². The topological polar surface area (TPSA) is 46.2 Å². The Labute approximate surface area is 104 Å². The van der Waals surface area contributed by atoms with Crippen molar-refractivity contribution in [1.82, 2.24) is 4.72 Å². The molecule has 0 saturated heterocycles. The Morgan fingerprint density at radius 1 is 1.44 bits per heavy atom. The van der Waals surface area contributed by atoms with Crippen molar-refractivity contribution in [3.8, 4) is 0 Å². The van der Waals surface area contributed by atoms with Crippen molar-refractivity contribution >= 4 is 26.0 Å². The third-order valence-electron chi connectivity index (χ3n) is 2.70. The summed E-state index contributed by atoms with van der Waals surface area (Å²) in [7, 11) is -3.35. The fraction of sp³-hybridized carbons (Fsp3) is 0.455.